The Morgan fingerprint density at radius 1 is 0.966 bits per heavy atom. The molecule has 0 saturated carbocycles. The molecule has 0 atom stereocenters. The maximum atomic E-state index is 12.5. The van der Waals surface area contributed by atoms with E-state index in [9.17, 15) is 4.79 Å². The van der Waals surface area contributed by atoms with Gasteiger partial charge in [-0.15, -0.1) is 0 Å². The number of rotatable bonds is 6. The van der Waals surface area contributed by atoms with E-state index in [1.54, 1.807) is 7.11 Å². The van der Waals surface area contributed by atoms with Crippen molar-refractivity contribution in [2.45, 2.75) is 6.42 Å². The SMILES string of the molecule is COc1cccc(N2CCN(CCC(=O)Nc3cccc4ccccc34)CC2)c1. The van der Waals surface area contributed by atoms with Crippen LogP contribution in [-0.4, -0.2) is 50.6 Å². The Morgan fingerprint density at radius 2 is 1.72 bits per heavy atom. The summed E-state index contributed by atoms with van der Waals surface area (Å²) >= 11 is 0. The van der Waals surface area contributed by atoms with Gasteiger partial charge in [0.15, 0.2) is 0 Å². The van der Waals surface area contributed by atoms with Crippen LogP contribution >= 0.6 is 0 Å². The average Bonchev–Trinajstić information content (AvgIpc) is 2.78. The number of nitrogens with one attached hydrogen (secondary N) is 1. The summed E-state index contributed by atoms with van der Waals surface area (Å²) in [6.45, 7) is 4.61. The highest BCUT2D eigenvalue weighted by molar-refractivity contribution is 6.02. The Kier molecular flexibility index (Phi) is 5.96. The van der Waals surface area contributed by atoms with E-state index in [-0.39, 0.29) is 5.91 Å². The highest BCUT2D eigenvalue weighted by Gasteiger charge is 2.18. The van der Waals surface area contributed by atoms with Crippen molar-refractivity contribution in [2.24, 2.45) is 0 Å². The van der Waals surface area contributed by atoms with E-state index < -0.39 is 0 Å². The molecular formula is C24H27N3O2. The van der Waals surface area contributed by atoms with E-state index >= 15 is 0 Å². The minimum absolute atomic E-state index is 0.0663. The number of ether oxygens (including phenoxy) is 1. The zero-order valence-electron chi connectivity index (χ0n) is 16.8. The smallest absolute Gasteiger partial charge is 0.225 e. The largest absolute Gasteiger partial charge is 0.497 e. The molecule has 1 amide bonds. The van der Waals surface area contributed by atoms with E-state index in [1.165, 1.54) is 5.69 Å². The van der Waals surface area contributed by atoms with E-state index in [0.717, 1.165) is 54.9 Å². The molecule has 150 valence electrons. The van der Waals surface area contributed by atoms with Crippen molar-refractivity contribution in [1.82, 2.24) is 4.90 Å². The molecule has 29 heavy (non-hydrogen) atoms. The molecule has 0 aliphatic carbocycles. The number of benzene rings is 3. The maximum Gasteiger partial charge on any atom is 0.225 e. The standard InChI is InChI=1S/C24H27N3O2/c1-29-21-9-5-8-20(18-21)27-16-14-26(15-17-27)13-12-24(28)25-23-11-4-7-19-6-2-3-10-22(19)23/h2-11,18H,12-17H2,1H3,(H,25,28). The van der Waals surface area contributed by atoms with Crippen LogP contribution in [0, 0.1) is 0 Å². The second-order valence-electron chi connectivity index (χ2n) is 7.36. The number of carbonyl (C=O) groups is 1. The van der Waals surface area contributed by atoms with Crippen LogP contribution < -0.4 is 15.0 Å². The van der Waals surface area contributed by atoms with Crippen LogP contribution in [0.3, 0.4) is 0 Å². The third-order valence-electron chi connectivity index (χ3n) is 5.51. The molecule has 0 aromatic heterocycles. The van der Waals surface area contributed by atoms with Gasteiger partial charge in [-0.2, -0.15) is 0 Å². The zero-order valence-corrected chi connectivity index (χ0v) is 16.8. The van der Waals surface area contributed by atoms with Gasteiger partial charge in [0.2, 0.25) is 5.91 Å². The molecule has 5 nitrogen and oxygen atoms in total. The fraction of sp³-hybridized carbons (Fsp3) is 0.292. The van der Waals surface area contributed by atoms with Gasteiger partial charge in [0.25, 0.3) is 0 Å². The van der Waals surface area contributed by atoms with Crippen molar-refractivity contribution < 1.29 is 9.53 Å². The Labute approximate surface area is 171 Å². The quantitative estimate of drug-likeness (QED) is 0.692. The number of anilines is 2. The molecule has 1 heterocycles. The molecule has 1 aliphatic heterocycles. The first-order valence-corrected chi connectivity index (χ1v) is 10.1. The maximum absolute atomic E-state index is 12.5. The lowest BCUT2D eigenvalue weighted by molar-refractivity contribution is -0.116. The minimum Gasteiger partial charge on any atom is -0.497 e. The first-order valence-electron chi connectivity index (χ1n) is 10.1. The second kappa shape index (κ2) is 8.97. The predicted octanol–water partition coefficient (Wildman–Crippen LogP) is 4.00. The Hall–Kier alpha value is -3.05. The third-order valence-corrected chi connectivity index (χ3v) is 5.51. The topological polar surface area (TPSA) is 44.8 Å². The molecule has 0 radical (unpaired) electrons. The number of fused-ring (bicyclic) bond motifs is 1. The summed E-state index contributed by atoms with van der Waals surface area (Å²) in [7, 11) is 1.69. The first-order chi connectivity index (χ1) is 14.2. The highest BCUT2D eigenvalue weighted by Crippen LogP contribution is 2.24. The second-order valence-corrected chi connectivity index (χ2v) is 7.36. The van der Waals surface area contributed by atoms with Gasteiger partial charge in [0.05, 0.1) is 7.11 Å². The summed E-state index contributed by atoms with van der Waals surface area (Å²) in [6, 6.07) is 22.3. The van der Waals surface area contributed by atoms with Gasteiger partial charge in [-0.3, -0.25) is 9.69 Å². The van der Waals surface area contributed by atoms with Gasteiger partial charge < -0.3 is 15.0 Å². The molecule has 1 N–H and O–H groups in total. The highest BCUT2D eigenvalue weighted by atomic mass is 16.5. The van der Waals surface area contributed by atoms with Crippen molar-refractivity contribution in [3.8, 4) is 5.75 Å². The fourth-order valence-corrected chi connectivity index (χ4v) is 3.84. The summed E-state index contributed by atoms with van der Waals surface area (Å²) < 4.78 is 5.33. The predicted molar refractivity (Wildman–Crippen MR) is 119 cm³/mol. The molecule has 4 rings (SSSR count). The number of carbonyl (C=O) groups excluding carboxylic acids is 1. The van der Waals surface area contributed by atoms with Crippen LogP contribution in [0.5, 0.6) is 5.75 Å². The molecule has 5 heteroatoms. The summed E-state index contributed by atoms with van der Waals surface area (Å²) in [5.74, 6) is 0.951. The average molecular weight is 389 g/mol. The summed E-state index contributed by atoms with van der Waals surface area (Å²) in [5, 5.41) is 5.30. The summed E-state index contributed by atoms with van der Waals surface area (Å²) in [5.41, 5.74) is 2.08. The summed E-state index contributed by atoms with van der Waals surface area (Å²) in [4.78, 5) is 17.2. The molecule has 0 spiro atoms. The van der Waals surface area contributed by atoms with E-state index in [2.05, 4.69) is 39.4 Å². The number of piperazine rings is 1. The van der Waals surface area contributed by atoms with Crippen LogP contribution in [-0.2, 0) is 4.79 Å². The first kappa shape index (κ1) is 19.3. The Balaban J connectivity index is 1.27. The van der Waals surface area contributed by atoms with E-state index in [0.29, 0.717) is 6.42 Å². The number of methoxy groups -OCH3 is 1. The molecule has 0 bridgehead atoms. The minimum atomic E-state index is 0.0663. The lowest BCUT2D eigenvalue weighted by atomic mass is 10.1. The number of hydrogen-bond acceptors (Lipinski definition) is 4. The normalized spacial score (nSPS) is 14.7. The lowest BCUT2D eigenvalue weighted by Gasteiger charge is -2.36. The van der Waals surface area contributed by atoms with Crippen LogP contribution in [0.25, 0.3) is 10.8 Å². The van der Waals surface area contributed by atoms with Gasteiger partial charge in [0.1, 0.15) is 5.75 Å². The van der Waals surface area contributed by atoms with Crippen LogP contribution in [0.4, 0.5) is 11.4 Å². The van der Waals surface area contributed by atoms with Crippen molar-refractivity contribution in [3.05, 3.63) is 66.7 Å². The van der Waals surface area contributed by atoms with Crippen molar-refractivity contribution in [2.75, 3.05) is 50.1 Å². The van der Waals surface area contributed by atoms with Crippen molar-refractivity contribution >= 4 is 28.1 Å². The Morgan fingerprint density at radius 3 is 2.55 bits per heavy atom. The number of nitrogens with zero attached hydrogens (tertiary/aromatic N) is 2. The molecule has 3 aromatic carbocycles. The number of amides is 1. The van der Waals surface area contributed by atoms with Gasteiger partial charge in [-0.25, -0.2) is 0 Å². The Bertz CT molecular complexity index is 975. The third kappa shape index (κ3) is 4.69. The molecule has 1 aliphatic rings. The number of hydrogen-bond donors (Lipinski definition) is 1. The zero-order chi connectivity index (χ0) is 20.1. The molecular weight excluding hydrogens is 362 g/mol. The molecule has 1 fully saturated rings. The van der Waals surface area contributed by atoms with Crippen LogP contribution in [0.1, 0.15) is 6.42 Å². The van der Waals surface area contributed by atoms with Crippen molar-refractivity contribution in [3.63, 3.8) is 0 Å². The fourth-order valence-electron chi connectivity index (χ4n) is 3.84. The van der Waals surface area contributed by atoms with Gasteiger partial charge in [-0.1, -0.05) is 42.5 Å². The van der Waals surface area contributed by atoms with Crippen molar-refractivity contribution in [1.29, 1.82) is 0 Å². The monoisotopic (exact) mass is 389 g/mol. The van der Waals surface area contributed by atoms with Gasteiger partial charge in [0, 0.05) is 62.0 Å². The van der Waals surface area contributed by atoms with Gasteiger partial charge in [-0.05, 0) is 23.6 Å². The molecule has 0 unspecified atom stereocenters. The van der Waals surface area contributed by atoms with E-state index in [4.69, 9.17) is 4.74 Å². The van der Waals surface area contributed by atoms with Crippen LogP contribution in [0.2, 0.25) is 0 Å². The van der Waals surface area contributed by atoms with E-state index in [1.807, 2.05) is 42.5 Å². The van der Waals surface area contributed by atoms with Gasteiger partial charge >= 0.3 is 0 Å². The summed E-state index contributed by atoms with van der Waals surface area (Å²) in [6.07, 6.45) is 0.502. The molecule has 3 aromatic rings. The lowest BCUT2D eigenvalue weighted by Crippen LogP contribution is -2.47. The molecule has 1 saturated heterocycles. The van der Waals surface area contributed by atoms with Crippen LogP contribution in [0.15, 0.2) is 66.7 Å².